The van der Waals surface area contributed by atoms with E-state index in [2.05, 4.69) is 22.4 Å². The number of rotatable bonds is 6. The van der Waals surface area contributed by atoms with Crippen molar-refractivity contribution in [3.05, 3.63) is 57.3 Å². The zero-order chi connectivity index (χ0) is 19.6. The van der Waals surface area contributed by atoms with Crippen LogP contribution in [-0.4, -0.2) is 25.5 Å². The molecule has 7 nitrogen and oxygen atoms in total. The van der Waals surface area contributed by atoms with Crippen LogP contribution in [0, 0.1) is 20.8 Å². The summed E-state index contributed by atoms with van der Waals surface area (Å²) < 4.78 is 3.20. The Labute approximate surface area is 158 Å². The van der Waals surface area contributed by atoms with E-state index in [1.54, 1.807) is 6.07 Å². The Bertz CT molecular complexity index is 1050. The maximum Gasteiger partial charge on any atom is 0.275 e. The van der Waals surface area contributed by atoms with Crippen molar-refractivity contribution in [1.82, 2.24) is 24.9 Å². The van der Waals surface area contributed by atoms with Crippen molar-refractivity contribution in [1.29, 1.82) is 0 Å². The Morgan fingerprint density at radius 1 is 1.04 bits per heavy atom. The van der Waals surface area contributed by atoms with Gasteiger partial charge in [0.05, 0.1) is 16.8 Å². The van der Waals surface area contributed by atoms with E-state index in [0.717, 1.165) is 41.0 Å². The molecule has 0 spiro atoms. The largest absolute Gasteiger partial charge is 0.350 e. The van der Waals surface area contributed by atoms with Gasteiger partial charge in [-0.05, 0) is 33.3 Å². The van der Waals surface area contributed by atoms with Gasteiger partial charge in [0, 0.05) is 29.7 Å². The first-order valence-electron chi connectivity index (χ1n) is 9.18. The highest BCUT2D eigenvalue weighted by Gasteiger charge is 2.14. The number of fused-ring (bicyclic) bond motifs is 1. The molecule has 3 aromatic rings. The summed E-state index contributed by atoms with van der Waals surface area (Å²) in [5, 5.41) is 13.1. The Kier molecular flexibility index (Phi) is 5.39. The molecule has 0 bridgehead atoms. The molecule has 27 heavy (non-hydrogen) atoms. The minimum Gasteiger partial charge on any atom is -0.350 e. The lowest BCUT2D eigenvalue weighted by Crippen LogP contribution is -2.34. The van der Waals surface area contributed by atoms with E-state index >= 15 is 0 Å². The van der Waals surface area contributed by atoms with E-state index in [1.807, 2.05) is 43.7 Å². The van der Waals surface area contributed by atoms with Crippen LogP contribution in [0.15, 0.2) is 29.1 Å². The van der Waals surface area contributed by atoms with Crippen molar-refractivity contribution in [2.45, 2.75) is 53.8 Å². The topological polar surface area (TPSA) is 81.8 Å². The summed E-state index contributed by atoms with van der Waals surface area (Å²) in [5.74, 6) is -0.249. The van der Waals surface area contributed by atoms with Crippen molar-refractivity contribution >= 4 is 16.7 Å². The van der Waals surface area contributed by atoms with Gasteiger partial charge in [-0.2, -0.15) is 10.2 Å². The Hall–Kier alpha value is -2.96. The number of hydrogen-bond donors (Lipinski definition) is 1. The van der Waals surface area contributed by atoms with Crippen molar-refractivity contribution in [2.24, 2.45) is 0 Å². The van der Waals surface area contributed by atoms with Crippen LogP contribution < -0.4 is 10.9 Å². The van der Waals surface area contributed by atoms with Gasteiger partial charge in [0.25, 0.3) is 5.56 Å². The van der Waals surface area contributed by atoms with Crippen molar-refractivity contribution < 1.29 is 4.79 Å². The number of carbonyl (C=O) groups excluding carboxylic acids is 1. The average molecular weight is 367 g/mol. The second-order valence-electron chi connectivity index (χ2n) is 6.74. The van der Waals surface area contributed by atoms with Gasteiger partial charge in [-0.3, -0.25) is 14.3 Å². The second-order valence-corrected chi connectivity index (χ2v) is 6.74. The quantitative estimate of drug-likeness (QED) is 0.724. The molecule has 0 unspecified atom stereocenters. The highest BCUT2D eigenvalue weighted by Crippen LogP contribution is 2.14. The molecule has 2 aromatic heterocycles. The number of benzene rings is 1. The van der Waals surface area contributed by atoms with Crippen LogP contribution in [0.2, 0.25) is 0 Å². The standard InChI is InChI=1S/C20H25N5O2/c1-5-10-24-15(4)18(14(3)22-24)11-21-19(26)12-25-20(27)17-9-7-6-8-16(17)13(2)23-25/h6-9H,5,10-12H2,1-4H3,(H,21,26). The Morgan fingerprint density at radius 3 is 2.41 bits per heavy atom. The van der Waals surface area contributed by atoms with Gasteiger partial charge in [-0.15, -0.1) is 0 Å². The predicted molar refractivity (Wildman–Crippen MR) is 105 cm³/mol. The van der Waals surface area contributed by atoms with Crippen molar-refractivity contribution in [2.75, 3.05) is 0 Å². The summed E-state index contributed by atoms with van der Waals surface area (Å²) >= 11 is 0. The van der Waals surface area contributed by atoms with Crippen LogP contribution >= 0.6 is 0 Å². The number of aryl methyl sites for hydroxylation is 3. The van der Waals surface area contributed by atoms with Gasteiger partial charge < -0.3 is 5.32 Å². The van der Waals surface area contributed by atoms with E-state index < -0.39 is 0 Å². The first-order chi connectivity index (χ1) is 12.9. The Balaban J connectivity index is 1.75. The number of hydrogen-bond acceptors (Lipinski definition) is 4. The molecule has 1 N–H and O–H groups in total. The molecule has 3 rings (SSSR count). The van der Waals surface area contributed by atoms with E-state index in [1.165, 1.54) is 4.68 Å². The number of aromatic nitrogens is 4. The second kappa shape index (κ2) is 7.73. The van der Waals surface area contributed by atoms with Crippen LogP contribution in [0.1, 0.15) is 36.0 Å². The van der Waals surface area contributed by atoms with Gasteiger partial charge in [0.1, 0.15) is 6.54 Å². The minimum atomic E-state index is -0.255. The van der Waals surface area contributed by atoms with Gasteiger partial charge in [0.2, 0.25) is 5.91 Å². The SMILES string of the molecule is CCCn1nc(C)c(CNC(=O)Cn2nc(C)c3ccccc3c2=O)c1C. The molecule has 0 aliphatic rings. The van der Waals surface area contributed by atoms with Crippen LogP contribution in [-0.2, 0) is 24.4 Å². The van der Waals surface area contributed by atoms with Crippen molar-refractivity contribution in [3.63, 3.8) is 0 Å². The molecule has 0 atom stereocenters. The zero-order valence-electron chi connectivity index (χ0n) is 16.2. The molecule has 0 fully saturated rings. The van der Waals surface area contributed by atoms with Gasteiger partial charge in [0.15, 0.2) is 0 Å². The monoisotopic (exact) mass is 367 g/mol. The predicted octanol–water partition coefficient (Wildman–Crippen LogP) is 2.24. The van der Waals surface area contributed by atoms with E-state index in [0.29, 0.717) is 11.9 Å². The van der Waals surface area contributed by atoms with Gasteiger partial charge >= 0.3 is 0 Å². The first kappa shape index (κ1) is 18.8. The molecule has 0 saturated heterocycles. The molecule has 2 heterocycles. The third-order valence-corrected chi connectivity index (χ3v) is 4.77. The number of nitrogens with zero attached hydrogens (tertiary/aromatic N) is 4. The van der Waals surface area contributed by atoms with Crippen LogP contribution in [0.4, 0.5) is 0 Å². The fourth-order valence-electron chi connectivity index (χ4n) is 3.31. The summed E-state index contributed by atoms with van der Waals surface area (Å²) in [5.41, 5.74) is 3.47. The number of carbonyl (C=O) groups is 1. The summed E-state index contributed by atoms with van der Waals surface area (Å²) in [6.45, 7) is 9.04. The number of nitrogens with one attached hydrogen (secondary N) is 1. The van der Waals surface area contributed by atoms with Crippen LogP contribution in [0.3, 0.4) is 0 Å². The molecule has 142 valence electrons. The lowest BCUT2D eigenvalue weighted by Gasteiger charge is -2.10. The normalized spacial score (nSPS) is 11.1. The lowest BCUT2D eigenvalue weighted by atomic mass is 10.1. The van der Waals surface area contributed by atoms with E-state index in [4.69, 9.17) is 0 Å². The smallest absolute Gasteiger partial charge is 0.275 e. The first-order valence-corrected chi connectivity index (χ1v) is 9.18. The van der Waals surface area contributed by atoms with Gasteiger partial charge in [-0.1, -0.05) is 25.1 Å². The van der Waals surface area contributed by atoms with E-state index in [-0.39, 0.29) is 18.0 Å². The molecule has 7 heteroatoms. The molecular formula is C20H25N5O2. The molecule has 0 aliphatic heterocycles. The summed E-state index contributed by atoms with van der Waals surface area (Å²) in [6, 6.07) is 7.31. The summed E-state index contributed by atoms with van der Waals surface area (Å²) in [4.78, 5) is 25.0. The lowest BCUT2D eigenvalue weighted by molar-refractivity contribution is -0.122. The highest BCUT2D eigenvalue weighted by molar-refractivity contribution is 5.83. The molecular weight excluding hydrogens is 342 g/mol. The maximum atomic E-state index is 12.6. The van der Waals surface area contributed by atoms with Crippen molar-refractivity contribution in [3.8, 4) is 0 Å². The third kappa shape index (κ3) is 3.77. The maximum absolute atomic E-state index is 12.6. The minimum absolute atomic E-state index is 0.105. The molecule has 1 aromatic carbocycles. The van der Waals surface area contributed by atoms with Crippen LogP contribution in [0.25, 0.3) is 10.8 Å². The van der Waals surface area contributed by atoms with E-state index in [9.17, 15) is 9.59 Å². The molecule has 0 aliphatic carbocycles. The third-order valence-electron chi connectivity index (χ3n) is 4.77. The fourth-order valence-corrected chi connectivity index (χ4v) is 3.31. The average Bonchev–Trinajstić information content (AvgIpc) is 2.91. The zero-order valence-corrected chi connectivity index (χ0v) is 16.2. The molecule has 0 saturated carbocycles. The summed E-state index contributed by atoms with van der Waals surface area (Å²) in [7, 11) is 0. The number of amides is 1. The summed E-state index contributed by atoms with van der Waals surface area (Å²) in [6.07, 6.45) is 1.00. The highest BCUT2D eigenvalue weighted by atomic mass is 16.2. The molecule has 1 amide bonds. The fraction of sp³-hybridized carbons (Fsp3) is 0.400. The van der Waals surface area contributed by atoms with Crippen LogP contribution in [0.5, 0.6) is 0 Å². The Morgan fingerprint density at radius 2 is 1.70 bits per heavy atom. The van der Waals surface area contributed by atoms with Gasteiger partial charge in [-0.25, -0.2) is 4.68 Å². The molecule has 0 radical (unpaired) electrons.